The average molecular weight is 487 g/mol. The first-order valence-corrected chi connectivity index (χ1v) is 10.1. The fraction of sp³-hybridized carbons (Fsp3) is 0.0870. The van der Waals surface area contributed by atoms with Crippen LogP contribution in [-0.4, -0.2) is 17.1 Å². The number of urea groups is 1. The Kier molecular flexibility index (Phi) is 6.28. The monoisotopic (exact) mass is 487 g/mol. The van der Waals surface area contributed by atoms with Crippen molar-refractivity contribution in [3.63, 3.8) is 0 Å². The molecule has 0 fully saturated rings. The maximum absolute atomic E-state index is 14.3. The van der Waals surface area contributed by atoms with Crippen LogP contribution in [0.4, 0.5) is 39.5 Å². The van der Waals surface area contributed by atoms with Crippen LogP contribution in [0.3, 0.4) is 0 Å². The minimum atomic E-state index is -4.56. The van der Waals surface area contributed by atoms with Crippen molar-refractivity contribution in [2.24, 2.45) is 0 Å². The van der Waals surface area contributed by atoms with Gasteiger partial charge in [0.1, 0.15) is 5.82 Å². The number of halogens is 4. The summed E-state index contributed by atoms with van der Waals surface area (Å²) in [6.07, 6.45) is -4.56. The van der Waals surface area contributed by atoms with Crippen LogP contribution in [0.25, 0.3) is 11.0 Å². The number of anilines is 3. The highest BCUT2D eigenvalue weighted by Gasteiger charge is 2.30. The van der Waals surface area contributed by atoms with E-state index in [0.717, 1.165) is 24.3 Å². The van der Waals surface area contributed by atoms with Crippen molar-refractivity contribution in [3.05, 3.63) is 83.2 Å². The molecule has 0 saturated carbocycles. The highest BCUT2D eigenvalue weighted by Crippen LogP contribution is 2.30. The van der Waals surface area contributed by atoms with Crippen LogP contribution in [0.15, 0.2) is 65.2 Å². The number of carbonyl (C=O) groups excluding carboxylic acids is 2. The van der Waals surface area contributed by atoms with E-state index >= 15 is 0 Å². The number of hydrogen-bond donors (Lipinski definition) is 4. The Bertz CT molecular complexity index is 1420. The standard InChI is InChI=1S/C23H17F4N5O3/c24-17-8-7-15(30-21(33)16-5-2-6-18-19(16)20(28)32-35-18)9-12(17)11-29-22(34)31-14-4-1-3-13(10-14)23(25,26)27/h1-10H,11H2,(H2,28,32)(H,30,33)(H2,29,31,34). The largest absolute Gasteiger partial charge is 0.416 e. The Morgan fingerprint density at radius 1 is 0.971 bits per heavy atom. The van der Waals surface area contributed by atoms with Crippen molar-refractivity contribution in [2.45, 2.75) is 12.7 Å². The molecule has 4 aromatic rings. The van der Waals surface area contributed by atoms with Crippen LogP contribution >= 0.6 is 0 Å². The molecule has 3 amide bonds. The number of hydrogen-bond acceptors (Lipinski definition) is 5. The van der Waals surface area contributed by atoms with Gasteiger partial charge in [0.15, 0.2) is 11.4 Å². The third-order valence-electron chi connectivity index (χ3n) is 4.96. The van der Waals surface area contributed by atoms with Crippen molar-refractivity contribution in [1.82, 2.24) is 10.5 Å². The van der Waals surface area contributed by atoms with Crippen molar-refractivity contribution < 1.29 is 31.7 Å². The van der Waals surface area contributed by atoms with Crippen molar-refractivity contribution in [3.8, 4) is 0 Å². The number of nitrogen functional groups attached to an aromatic ring is 1. The van der Waals surface area contributed by atoms with E-state index in [0.29, 0.717) is 11.0 Å². The van der Waals surface area contributed by atoms with Gasteiger partial charge < -0.3 is 26.2 Å². The summed E-state index contributed by atoms with van der Waals surface area (Å²) in [7, 11) is 0. The van der Waals surface area contributed by atoms with Gasteiger partial charge in [-0.25, -0.2) is 9.18 Å². The summed E-state index contributed by atoms with van der Waals surface area (Å²) in [5, 5.41) is 11.2. The number of amides is 3. The predicted molar refractivity (Wildman–Crippen MR) is 120 cm³/mol. The molecule has 0 spiro atoms. The molecule has 0 radical (unpaired) electrons. The second-order valence-corrected chi connectivity index (χ2v) is 7.39. The minimum Gasteiger partial charge on any atom is -0.380 e. The van der Waals surface area contributed by atoms with Gasteiger partial charge in [0.05, 0.1) is 16.5 Å². The Balaban J connectivity index is 1.43. The van der Waals surface area contributed by atoms with Gasteiger partial charge >= 0.3 is 12.2 Å². The van der Waals surface area contributed by atoms with Crippen LogP contribution in [0, 0.1) is 5.82 Å². The molecule has 3 aromatic carbocycles. The minimum absolute atomic E-state index is 0.0321. The summed E-state index contributed by atoms with van der Waals surface area (Å²) < 4.78 is 57.8. The molecule has 8 nitrogen and oxygen atoms in total. The molecule has 0 saturated heterocycles. The lowest BCUT2D eigenvalue weighted by Crippen LogP contribution is -2.28. The number of aromatic nitrogens is 1. The number of rotatable bonds is 5. The molecule has 12 heteroatoms. The van der Waals surface area contributed by atoms with Gasteiger partial charge in [-0.2, -0.15) is 13.2 Å². The molecule has 0 aliphatic carbocycles. The van der Waals surface area contributed by atoms with E-state index in [1.807, 2.05) is 0 Å². The molecule has 0 atom stereocenters. The van der Waals surface area contributed by atoms with Gasteiger partial charge in [-0.15, -0.1) is 0 Å². The first kappa shape index (κ1) is 23.5. The van der Waals surface area contributed by atoms with E-state index in [9.17, 15) is 27.2 Å². The zero-order valence-corrected chi connectivity index (χ0v) is 17.7. The van der Waals surface area contributed by atoms with Gasteiger partial charge in [0, 0.05) is 23.5 Å². The van der Waals surface area contributed by atoms with Crippen LogP contribution in [-0.2, 0) is 12.7 Å². The Labute approximate surface area is 195 Å². The quantitative estimate of drug-likeness (QED) is 0.290. The lowest BCUT2D eigenvalue weighted by molar-refractivity contribution is -0.137. The highest BCUT2D eigenvalue weighted by molar-refractivity contribution is 6.14. The molecule has 0 aliphatic rings. The Morgan fingerprint density at radius 3 is 2.49 bits per heavy atom. The second kappa shape index (κ2) is 9.33. The Hall–Kier alpha value is -4.61. The number of nitrogens with one attached hydrogen (secondary N) is 3. The number of nitrogens with two attached hydrogens (primary N) is 1. The first-order chi connectivity index (χ1) is 16.6. The van der Waals surface area contributed by atoms with Crippen molar-refractivity contribution in [2.75, 3.05) is 16.4 Å². The molecule has 0 aliphatic heterocycles. The van der Waals surface area contributed by atoms with E-state index < -0.39 is 29.5 Å². The molecule has 0 bridgehead atoms. The van der Waals surface area contributed by atoms with Gasteiger partial charge in [-0.3, -0.25) is 4.79 Å². The number of carbonyl (C=O) groups is 2. The van der Waals surface area contributed by atoms with E-state index in [1.54, 1.807) is 12.1 Å². The molecular formula is C23H17F4N5O3. The van der Waals surface area contributed by atoms with Crippen LogP contribution in [0.1, 0.15) is 21.5 Å². The van der Waals surface area contributed by atoms with Gasteiger partial charge in [-0.1, -0.05) is 17.3 Å². The van der Waals surface area contributed by atoms with E-state index in [-0.39, 0.29) is 34.9 Å². The molecule has 4 rings (SSSR count). The predicted octanol–water partition coefficient (Wildman–Crippen LogP) is 5.14. The van der Waals surface area contributed by atoms with E-state index in [4.69, 9.17) is 10.3 Å². The van der Waals surface area contributed by atoms with Crippen LogP contribution in [0.5, 0.6) is 0 Å². The van der Waals surface area contributed by atoms with Crippen molar-refractivity contribution in [1.29, 1.82) is 0 Å². The lowest BCUT2D eigenvalue weighted by Gasteiger charge is -2.12. The number of benzene rings is 3. The number of fused-ring (bicyclic) bond motifs is 1. The topological polar surface area (TPSA) is 122 Å². The molecule has 180 valence electrons. The van der Waals surface area contributed by atoms with E-state index in [2.05, 4.69) is 21.1 Å². The molecule has 1 heterocycles. The average Bonchev–Trinajstić information content (AvgIpc) is 3.20. The highest BCUT2D eigenvalue weighted by atomic mass is 19.4. The summed E-state index contributed by atoms with van der Waals surface area (Å²) in [5.41, 5.74) is 5.55. The SMILES string of the molecule is Nc1noc2cccc(C(=O)Nc3ccc(F)c(CNC(=O)Nc4cccc(C(F)(F)F)c4)c3)c12. The summed E-state index contributed by atoms with van der Waals surface area (Å²) in [4.78, 5) is 24.9. The summed E-state index contributed by atoms with van der Waals surface area (Å²) in [5.74, 6) is -1.16. The molecule has 35 heavy (non-hydrogen) atoms. The third kappa shape index (κ3) is 5.32. The number of nitrogens with zero attached hydrogens (tertiary/aromatic N) is 1. The summed E-state index contributed by atoms with van der Waals surface area (Å²) in [6.45, 7) is -0.297. The fourth-order valence-corrected chi connectivity index (χ4v) is 3.32. The van der Waals surface area contributed by atoms with Crippen molar-refractivity contribution >= 4 is 40.1 Å². The van der Waals surface area contributed by atoms with E-state index in [1.165, 1.54) is 24.3 Å². The summed E-state index contributed by atoms with van der Waals surface area (Å²) >= 11 is 0. The van der Waals surface area contributed by atoms with Gasteiger partial charge in [-0.05, 0) is 48.5 Å². The maximum atomic E-state index is 14.3. The lowest BCUT2D eigenvalue weighted by atomic mass is 10.1. The smallest absolute Gasteiger partial charge is 0.380 e. The van der Waals surface area contributed by atoms with Gasteiger partial charge in [0.2, 0.25) is 0 Å². The normalized spacial score (nSPS) is 11.3. The zero-order valence-electron chi connectivity index (χ0n) is 17.7. The molecular weight excluding hydrogens is 470 g/mol. The maximum Gasteiger partial charge on any atom is 0.416 e. The molecule has 5 N–H and O–H groups in total. The van der Waals surface area contributed by atoms with Gasteiger partial charge in [0.25, 0.3) is 5.91 Å². The first-order valence-electron chi connectivity index (χ1n) is 10.1. The third-order valence-corrected chi connectivity index (χ3v) is 4.96. The van der Waals surface area contributed by atoms with Crippen LogP contribution < -0.4 is 21.7 Å². The fourth-order valence-electron chi connectivity index (χ4n) is 3.32. The zero-order chi connectivity index (χ0) is 25.2. The number of alkyl halides is 3. The Morgan fingerprint density at radius 2 is 1.71 bits per heavy atom. The molecule has 0 unspecified atom stereocenters. The molecule has 1 aromatic heterocycles. The second-order valence-electron chi connectivity index (χ2n) is 7.39. The summed E-state index contributed by atoms with van der Waals surface area (Å²) in [6, 6.07) is 11.7. The van der Waals surface area contributed by atoms with Crippen LogP contribution in [0.2, 0.25) is 0 Å².